The number of nitrogens with zero attached hydrogens (tertiary/aromatic N) is 2. The average molecular weight is 725 g/mol. The maximum atomic E-state index is 9.88. The van der Waals surface area contributed by atoms with Gasteiger partial charge in [-0.2, -0.15) is 0 Å². The van der Waals surface area contributed by atoms with Gasteiger partial charge in [0, 0.05) is 62.4 Å². The highest BCUT2D eigenvalue weighted by atomic mass is 32.2. The van der Waals surface area contributed by atoms with Crippen LogP contribution in [0.3, 0.4) is 0 Å². The van der Waals surface area contributed by atoms with Crippen LogP contribution in [0.5, 0.6) is 11.5 Å². The van der Waals surface area contributed by atoms with Crippen LogP contribution in [0, 0.1) is 17.8 Å². The van der Waals surface area contributed by atoms with Gasteiger partial charge in [0.05, 0.1) is 30.1 Å². The van der Waals surface area contributed by atoms with Gasteiger partial charge in [0.15, 0.2) is 0 Å². The van der Waals surface area contributed by atoms with E-state index in [9.17, 15) is 10.2 Å². The Morgan fingerprint density at radius 3 is 2.57 bits per heavy atom. The van der Waals surface area contributed by atoms with E-state index < -0.39 is 5.79 Å². The van der Waals surface area contributed by atoms with Crippen LogP contribution < -0.4 is 9.47 Å². The zero-order valence-corrected chi connectivity index (χ0v) is 31.2. The summed E-state index contributed by atoms with van der Waals surface area (Å²) in [5.74, 6) is 1.34. The fourth-order valence-electron chi connectivity index (χ4n) is 9.29. The first-order chi connectivity index (χ1) is 25.1. The highest BCUT2D eigenvalue weighted by Crippen LogP contribution is 2.63. The van der Waals surface area contributed by atoms with Crippen molar-refractivity contribution in [3.63, 3.8) is 0 Å². The number of hydrogen-bond donors (Lipinski definition) is 2. The highest BCUT2D eigenvalue weighted by Gasteiger charge is 2.64. The quantitative estimate of drug-likeness (QED) is 0.0663. The molecular formula is C41H60N2O7S. The molecule has 7 rings (SSSR count). The van der Waals surface area contributed by atoms with Crippen molar-refractivity contribution < 1.29 is 34.0 Å². The number of oxime groups is 1. The molecule has 7 atom stereocenters. The molecule has 3 aliphatic carbocycles. The van der Waals surface area contributed by atoms with E-state index >= 15 is 0 Å². The highest BCUT2D eigenvalue weighted by molar-refractivity contribution is 8.00. The van der Waals surface area contributed by atoms with E-state index in [0.717, 1.165) is 94.6 Å². The first-order valence-corrected chi connectivity index (χ1v) is 20.9. The second-order valence-corrected chi connectivity index (χ2v) is 16.9. The largest absolute Gasteiger partial charge is 0.492 e. The summed E-state index contributed by atoms with van der Waals surface area (Å²) in [4.78, 5) is 8.64. The monoisotopic (exact) mass is 724 g/mol. The molecule has 0 radical (unpaired) electrons. The summed E-state index contributed by atoms with van der Waals surface area (Å²) >= 11 is 2.04. The lowest BCUT2D eigenvalue weighted by Gasteiger charge is -2.58. The lowest BCUT2D eigenvalue weighted by Crippen LogP contribution is -2.64. The third-order valence-corrected chi connectivity index (χ3v) is 13.6. The molecule has 2 N–H and O–H groups in total. The second-order valence-electron chi connectivity index (χ2n) is 15.4. The third kappa shape index (κ3) is 8.68. The Morgan fingerprint density at radius 2 is 1.82 bits per heavy atom. The van der Waals surface area contributed by atoms with Crippen molar-refractivity contribution >= 4 is 17.5 Å². The molecule has 9 nitrogen and oxygen atoms in total. The zero-order chi connectivity index (χ0) is 35.0. The minimum atomic E-state index is -0.918. The van der Waals surface area contributed by atoms with Gasteiger partial charge in [0.2, 0.25) is 12.1 Å². The standard InChI is InChI=1S/C41H60N2O7S/c1-2-23-48-41-37(51-31-12-3-4-13-31)28-35(42-50-38-15-7-10-24-47-38)33-26-29(11-5-8-21-44)32(14-6-9-22-45)39(40(33)41)34-27-30(16-17-36(34)49-41)46-25-20-43-18-19-43/h2,16-17,26-27,29,31-32,37-40,44-45H,1,3-15,18-25,28H2. The number of benzene rings is 1. The summed E-state index contributed by atoms with van der Waals surface area (Å²) in [7, 11) is 0. The molecule has 1 aromatic rings. The zero-order valence-electron chi connectivity index (χ0n) is 30.4. The van der Waals surface area contributed by atoms with Gasteiger partial charge in [0.1, 0.15) is 18.1 Å². The molecule has 0 spiro atoms. The molecule has 282 valence electrons. The van der Waals surface area contributed by atoms with Crippen molar-refractivity contribution in [3.8, 4) is 11.5 Å². The Labute approximate surface area is 309 Å². The smallest absolute Gasteiger partial charge is 0.230 e. The van der Waals surface area contributed by atoms with E-state index in [1.165, 1.54) is 36.8 Å². The molecule has 7 unspecified atom stereocenters. The van der Waals surface area contributed by atoms with Crippen LogP contribution in [0.1, 0.15) is 101 Å². The van der Waals surface area contributed by atoms with E-state index in [1.54, 1.807) is 0 Å². The lowest BCUT2D eigenvalue weighted by molar-refractivity contribution is -0.223. The van der Waals surface area contributed by atoms with Gasteiger partial charge in [-0.3, -0.25) is 4.90 Å². The van der Waals surface area contributed by atoms with Crippen molar-refractivity contribution in [2.75, 3.05) is 52.7 Å². The van der Waals surface area contributed by atoms with Crippen molar-refractivity contribution in [2.24, 2.45) is 22.9 Å². The summed E-state index contributed by atoms with van der Waals surface area (Å²) < 4.78 is 26.8. The van der Waals surface area contributed by atoms with Crippen LogP contribution in [0.2, 0.25) is 0 Å². The minimum absolute atomic E-state index is 0.000484. The Balaban J connectivity index is 1.35. The number of allylic oxidation sites excluding steroid dienone is 1. The van der Waals surface area contributed by atoms with Gasteiger partial charge >= 0.3 is 0 Å². The van der Waals surface area contributed by atoms with E-state index in [4.69, 9.17) is 28.9 Å². The molecule has 51 heavy (non-hydrogen) atoms. The Hall–Kier alpha value is -2.08. The summed E-state index contributed by atoms with van der Waals surface area (Å²) in [5, 5.41) is 25.2. The molecular weight excluding hydrogens is 665 g/mol. The fraction of sp³-hybridized carbons (Fsp3) is 0.732. The van der Waals surface area contributed by atoms with Gasteiger partial charge in [-0.15, -0.1) is 18.3 Å². The van der Waals surface area contributed by atoms with Crippen LogP contribution >= 0.6 is 11.8 Å². The molecule has 3 aliphatic heterocycles. The summed E-state index contributed by atoms with van der Waals surface area (Å²) in [6.45, 7) is 9.45. The van der Waals surface area contributed by atoms with Crippen LogP contribution in [0.25, 0.3) is 0 Å². The second kappa shape index (κ2) is 17.8. The number of unbranched alkanes of at least 4 members (excludes halogenated alkanes) is 2. The number of ether oxygens (including phenoxy) is 4. The van der Waals surface area contributed by atoms with Crippen molar-refractivity contribution in [3.05, 3.63) is 48.1 Å². The fourth-order valence-corrected chi connectivity index (χ4v) is 11.1. The minimum Gasteiger partial charge on any atom is -0.492 e. The number of rotatable bonds is 19. The number of aliphatic hydroxyl groups is 2. The van der Waals surface area contributed by atoms with Gasteiger partial charge < -0.3 is 34.0 Å². The Kier molecular flexibility index (Phi) is 13.0. The van der Waals surface area contributed by atoms with Gasteiger partial charge in [-0.25, -0.2) is 0 Å². The maximum absolute atomic E-state index is 9.88. The molecule has 10 heteroatoms. The third-order valence-electron chi connectivity index (χ3n) is 11.9. The SMILES string of the molecule is C=CCOC12Oc3ccc(OCCN4CC4)cc3C3C(CCCCO)C(CCCCO)C=C(C(=NOC4CCCCO4)CC1SC1CCCC1)C32. The predicted octanol–water partition coefficient (Wildman–Crippen LogP) is 7.22. The van der Waals surface area contributed by atoms with Crippen molar-refractivity contribution in [2.45, 2.75) is 118 Å². The summed E-state index contributed by atoms with van der Waals surface area (Å²) in [6, 6.07) is 6.42. The molecule has 0 bridgehead atoms. The normalized spacial score (nSPS) is 32.5. The molecule has 0 amide bonds. The van der Waals surface area contributed by atoms with Crippen molar-refractivity contribution in [1.82, 2.24) is 4.90 Å². The van der Waals surface area contributed by atoms with Crippen LogP contribution in [0.4, 0.5) is 0 Å². The maximum Gasteiger partial charge on any atom is 0.230 e. The first kappa shape index (κ1) is 37.2. The lowest BCUT2D eigenvalue weighted by atomic mass is 9.56. The number of aliphatic hydroxyl groups excluding tert-OH is 2. The van der Waals surface area contributed by atoms with Gasteiger partial charge in [0.25, 0.3) is 0 Å². The van der Waals surface area contributed by atoms with Crippen LogP contribution in [-0.4, -0.2) is 96.1 Å². The molecule has 6 aliphatic rings. The van der Waals surface area contributed by atoms with E-state index in [1.807, 2.05) is 17.8 Å². The predicted molar refractivity (Wildman–Crippen MR) is 201 cm³/mol. The van der Waals surface area contributed by atoms with E-state index in [0.29, 0.717) is 31.5 Å². The first-order valence-electron chi connectivity index (χ1n) is 20.0. The van der Waals surface area contributed by atoms with E-state index in [-0.39, 0.29) is 48.4 Å². The summed E-state index contributed by atoms with van der Waals surface area (Å²) in [5.41, 5.74) is 3.34. The average Bonchev–Trinajstić information content (AvgIpc) is 3.84. The Morgan fingerprint density at radius 1 is 1.02 bits per heavy atom. The van der Waals surface area contributed by atoms with E-state index in [2.05, 4.69) is 35.8 Å². The van der Waals surface area contributed by atoms with Crippen molar-refractivity contribution in [1.29, 1.82) is 0 Å². The number of thioether (sulfide) groups is 1. The van der Waals surface area contributed by atoms with Gasteiger partial charge in [-0.1, -0.05) is 43.0 Å². The number of fused-ring (bicyclic) bond motifs is 2. The van der Waals surface area contributed by atoms with Crippen LogP contribution in [-0.2, 0) is 14.3 Å². The summed E-state index contributed by atoms with van der Waals surface area (Å²) in [6.07, 6.45) is 18.0. The molecule has 2 saturated carbocycles. The molecule has 3 heterocycles. The molecule has 1 aromatic carbocycles. The molecule has 4 fully saturated rings. The topological polar surface area (TPSA) is 102 Å². The molecule has 2 saturated heterocycles. The molecule has 0 aromatic heterocycles. The van der Waals surface area contributed by atoms with Crippen LogP contribution in [0.15, 0.2) is 47.7 Å². The Bertz CT molecular complexity index is 1360. The number of hydrogen-bond acceptors (Lipinski definition) is 10. The van der Waals surface area contributed by atoms with Gasteiger partial charge in [-0.05, 0) is 87.0 Å².